The molecule has 0 aromatic heterocycles. The highest BCUT2D eigenvalue weighted by Gasteiger charge is 2.11. The molecule has 0 N–H and O–H groups in total. The Hall–Kier alpha value is -2.11. The second kappa shape index (κ2) is 9.39. The fourth-order valence-corrected chi connectivity index (χ4v) is 3.62. The van der Waals surface area contributed by atoms with Crippen LogP contribution in [0.3, 0.4) is 0 Å². The number of aliphatic imine (C=N–C) groups is 1. The first kappa shape index (κ1) is 20.6. The minimum Gasteiger partial charge on any atom is -0.493 e. The molecule has 0 aliphatic carbocycles. The molecule has 3 rings (SSSR count). The van der Waals surface area contributed by atoms with Crippen LogP contribution in [0.2, 0.25) is 0 Å². The maximum Gasteiger partial charge on any atom is 0.175 e. The van der Waals surface area contributed by atoms with Crippen LogP contribution < -0.4 is 9.47 Å². The second-order valence-corrected chi connectivity index (χ2v) is 8.27. The van der Waals surface area contributed by atoms with Crippen molar-refractivity contribution in [2.75, 3.05) is 7.11 Å². The molecule has 0 heterocycles. The molecule has 0 spiro atoms. The highest BCUT2D eigenvalue weighted by Crippen LogP contribution is 2.37. The van der Waals surface area contributed by atoms with Gasteiger partial charge < -0.3 is 9.47 Å². The quantitative estimate of drug-likeness (QED) is 0.334. The van der Waals surface area contributed by atoms with Crippen molar-refractivity contribution in [1.29, 1.82) is 0 Å². The zero-order valence-electron chi connectivity index (χ0n) is 16.0. The minimum absolute atomic E-state index is 0.457. The van der Waals surface area contributed by atoms with Gasteiger partial charge in [-0.25, -0.2) is 0 Å². The number of nitrogens with zero attached hydrogens (tertiary/aromatic N) is 1. The van der Waals surface area contributed by atoms with E-state index in [1.54, 1.807) is 7.11 Å². The van der Waals surface area contributed by atoms with Gasteiger partial charge in [0.25, 0.3) is 0 Å². The number of benzene rings is 3. The maximum absolute atomic E-state index is 6.00. The van der Waals surface area contributed by atoms with Gasteiger partial charge in [0, 0.05) is 10.7 Å². The first-order valence-corrected chi connectivity index (χ1v) is 10.4. The second-order valence-electron chi connectivity index (χ2n) is 6.50. The lowest BCUT2D eigenvalue weighted by Crippen LogP contribution is -1.99. The Labute approximate surface area is 182 Å². The molecule has 0 atom stereocenters. The lowest BCUT2D eigenvalue weighted by molar-refractivity contribution is 0.282. The van der Waals surface area contributed by atoms with E-state index in [1.807, 2.05) is 48.7 Å². The van der Waals surface area contributed by atoms with Gasteiger partial charge in [-0.05, 0) is 76.8 Å². The Morgan fingerprint density at radius 1 is 0.964 bits per heavy atom. The third-order valence-electron chi connectivity index (χ3n) is 4.25. The summed E-state index contributed by atoms with van der Waals surface area (Å²) in [4.78, 5) is 4.62. The fourth-order valence-electron chi connectivity index (χ4n) is 2.78. The number of rotatable bonds is 6. The lowest BCUT2D eigenvalue weighted by atomic mass is 10.1. The summed E-state index contributed by atoms with van der Waals surface area (Å²) in [5.74, 6) is 1.34. The normalized spacial score (nSPS) is 11.0. The summed E-state index contributed by atoms with van der Waals surface area (Å²) in [6.45, 7) is 4.60. The van der Waals surface area contributed by atoms with Gasteiger partial charge in [0.1, 0.15) is 6.61 Å². The van der Waals surface area contributed by atoms with Crippen molar-refractivity contribution in [3.63, 3.8) is 0 Å². The number of aryl methyl sites for hydroxylation is 2. The van der Waals surface area contributed by atoms with Gasteiger partial charge in [0.05, 0.1) is 17.3 Å². The molecule has 0 amide bonds. The van der Waals surface area contributed by atoms with E-state index in [9.17, 15) is 0 Å². The van der Waals surface area contributed by atoms with Crippen LogP contribution in [0.5, 0.6) is 11.5 Å². The van der Waals surface area contributed by atoms with Crippen LogP contribution in [-0.4, -0.2) is 13.3 Å². The Morgan fingerprint density at radius 2 is 1.71 bits per heavy atom. The molecule has 0 unspecified atom stereocenters. The van der Waals surface area contributed by atoms with E-state index in [2.05, 4.69) is 62.8 Å². The van der Waals surface area contributed by atoms with Crippen LogP contribution in [0.25, 0.3) is 0 Å². The number of ether oxygens (including phenoxy) is 2. The van der Waals surface area contributed by atoms with Crippen molar-refractivity contribution in [2.24, 2.45) is 4.99 Å². The van der Waals surface area contributed by atoms with Crippen LogP contribution >= 0.6 is 31.9 Å². The Bertz CT molecular complexity index is 998. The summed E-state index contributed by atoms with van der Waals surface area (Å²) in [5.41, 5.74) is 5.35. The monoisotopic (exact) mass is 501 g/mol. The van der Waals surface area contributed by atoms with Crippen molar-refractivity contribution in [3.05, 3.63) is 85.8 Å². The largest absolute Gasteiger partial charge is 0.493 e. The zero-order chi connectivity index (χ0) is 20.1. The Balaban J connectivity index is 1.80. The summed E-state index contributed by atoms with van der Waals surface area (Å²) in [6, 6.07) is 18.2. The molecule has 0 fully saturated rings. The number of hydrogen-bond acceptors (Lipinski definition) is 3. The van der Waals surface area contributed by atoms with Crippen molar-refractivity contribution in [2.45, 2.75) is 20.5 Å². The van der Waals surface area contributed by atoms with E-state index in [1.165, 1.54) is 5.56 Å². The summed E-state index contributed by atoms with van der Waals surface area (Å²) in [6.07, 6.45) is 1.84. The molecule has 0 bridgehead atoms. The van der Waals surface area contributed by atoms with E-state index in [0.717, 1.165) is 31.3 Å². The lowest BCUT2D eigenvalue weighted by Gasteiger charge is -2.13. The third kappa shape index (κ3) is 5.24. The van der Waals surface area contributed by atoms with E-state index >= 15 is 0 Å². The Morgan fingerprint density at radius 3 is 2.39 bits per heavy atom. The molecule has 5 heteroatoms. The summed E-state index contributed by atoms with van der Waals surface area (Å²) in [5, 5.41) is 0. The highest BCUT2D eigenvalue weighted by atomic mass is 79.9. The molecule has 28 heavy (non-hydrogen) atoms. The number of hydrogen-bond donors (Lipinski definition) is 0. The molecule has 3 aromatic rings. The SMILES string of the molecule is COc1cc(C=Nc2ccc(C)cc2C)cc(Br)c1OCc1ccc(Br)cc1. The van der Waals surface area contributed by atoms with Crippen LogP contribution in [0.1, 0.15) is 22.3 Å². The van der Waals surface area contributed by atoms with Gasteiger partial charge in [0.2, 0.25) is 0 Å². The minimum atomic E-state index is 0.457. The number of methoxy groups -OCH3 is 1. The first-order chi connectivity index (χ1) is 13.5. The predicted octanol–water partition coefficient (Wildman–Crippen LogP) is 7.17. The van der Waals surface area contributed by atoms with Crippen molar-refractivity contribution in [3.8, 4) is 11.5 Å². The molecule has 144 valence electrons. The zero-order valence-corrected chi connectivity index (χ0v) is 19.2. The third-order valence-corrected chi connectivity index (χ3v) is 5.37. The van der Waals surface area contributed by atoms with Gasteiger partial charge in [-0.15, -0.1) is 0 Å². The average Bonchev–Trinajstić information content (AvgIpc) is 2.67. The fraction of sp³-hybridized carbons (Fsp3) is 0.174. The molecular formula is C23H21Br2NO2. The summed E-state index contributed by atoms with van der Waals surface area (Å²) >= 11 is 7.04. The molecule has 3 nitrogen and oxygen atoms in total. The van der Waals surface area contributed by atoms with Gasteiger partial charge in [0.15, 0.2) is 11.5 Å². The molecule has 3 aromatic carbocycles. The molecule has 0 aliphatic heterocycles. The summed E-state index contributed by atoms with van der Waals surface area (Å²) < 4.78 is 13.4. The van der Waals surface area contributed by atoms with Crippen molar-refractivity contribution in [1.82, 2.24) is 0 Å². The van der Waals surface area contributed by atoms with Gasteiger partial charge in [-0.3, -0.25) is 4.99 Å². The summed E-state index contributed by atoms with van der Waals surface area (Å²) in [7, 11) is 1.64. The highest BCUT2D eigenvalue weighted by molar-refractivity contribution is 9.10. The number of halogens is 2. The molecule has 0 saturated heterocycles. The molecule has 0 saturated carbocycles. The molecule has 0 radical (unpaired) electrons. The molecular weight excluding hydrogens is 482 g/mol. The Kier molecular flexibility index (Phi) is 6.92. The van der Waals surface area contributed by atoms with Crippen LogP contribution in [0.15, 0.2) is 68.5 Å². The van der Waals surface area contributed by atoms with Gasteiger partial charge in [-0.1, -0.05) is 45.8 Å². The van der Waals surface area contributed by atoms with Crippen LogP contribution in [-0.2, 0) is 6.61 Å². The molecule has 0 aliphatic rings. The standard InChI is InChI=1S/C23H21Br2NO2/c1-15-4-9-21(16(2)10-15)26-13-18-11-20(25)23(22(12-18)27-3)28-14-17-5-7-19(24)8-6-17/h4-13H,14H2,1-3H3. The predicted molar refractivity (Wildman–Crippen MR) is 122 cm³/mol. The van der Waals surface area contributed by atoms with Crippen molar-refractivity contribution < 1.29 is 9.47 Å². The van der Waals surface area contributed by atoms with E-state index in [0.29, 0.717) is 18.1 Å². The maximum atomic E-state index is 6.00. The first-order valence-electron chi connectivity index (χ1n) is 8.82. The topological polar surface area (TPSA) is 30.8 Å². The van der Waals surface area contributed by atoms with E-state index in [4.69, 9.17) is 9.47 Å². The van der Waals surface area contributed by atoms with E-state index < -0.39 is 0 Å². The smallest absolute Gasteiger partial charge is 0.175 e. The van der Waals surface area contributed by atoms with Gasteiger partial charge >= 0.3 is 0 Å². The van der Waals surface area contributed by atoms with Crippen molar-refractivity contribution >= 4 is 43.8 Å². The average molecular weight is 503 g/mol. The van der Waals surface area contributed by atoms with Gasteiger partial charge in [-0.2, -0.15) is 0 Å². The van der Waals surface area contributed by atoms with Crippen LogP contribution in [0, 0.1) is 13.8 Å². The van der Waals surface area contributed by atoms with E-state index in [-0.39, 0.29) is 0 Å². The van der Waals surface area contributed by atoms with Crippen LogP contribution in [0.4, 0.5) is 5.69 Å².